The van der Waals surface area contributed by atoms with Crippen LogP contribution in [0.2, 0.25) is 0 Å². The molecule has 0 spiro atoms. The van der Waals surface area contributed by atoms with Crippen LogP contribution in [0, 0.1) is 5.82 Å². The van der Waals surface area contributed by atoms with Gasteiger partial charge >= 0.3 is 0 Å². The molecule has 2 atom stereocenters. The number of hydrogen-bond acceptors (Lipinski definition) is 4. The van der Waals surface area contributed by atoms with Crippen LogP contribution in [-0.4, -0.2) is 42.3 Å². The second-order valence-electron chi connectivity index (χ2n) is 5.06. The topological polar surface area (TPSA) is 66.8 Å². The van der Waals surface area contributed by atoms with E-state index in [1.165, 1.54) is 30.8 Å². The molecule has 0 saturated carbocycles. The van der Waals surface area contributed by atoms with Gasteiger partial charge in [-0.25, -0.2) is 12.8 Å². The molecule has 0 radical (unpaired) electrons. The third kappa shape index (κ3) is 2.82. The number of nitrogens with zero attached hydrogens (tertiary/aromatic N) is 2. The Balaban J connectivity index is 2.02. The average molecular weight is 328 g/mol. The van der Waals surface area contributed by atoms with Crippen LogP contribution >= 0.6 is 11.8 Å². The average Bonchev–Trinajstić information content (AvgIpc) is 2.81. The van der Waals surface area contributed by atoms with Crippen LogP contribution in [0.25, 0.3) is 0 Å². The summed E-state index contributed by atoms with van der Waals surface area (Å²) in [6.45, 7) is 1.35. The summed E-state index contributed by atoms with van der Waals surface area (Å²) in [7, 11) is -3.08. The highest BCUT2D eigenvalue weighted by molar-refractivity contribution is 8.16. The normalized spacial score (nSPS) is 28.9. The van der Waals surface area contributed by atoms with Gasteiger partial charge in [-0.1, -0.05) is 11.8 Å². The number of anilines is 1. The second kappa shape index (κ2) is 5.10. The monoisotopic (exact) mass is 328 g/mol. The predicted octanol–water partition coefficient (Wildman–Crippen LogP) is 1.45. The fraction of sp³-hybridized carbons (Fsp3) is 0.385. The molecular formula is C13H13FN2O3S2. The van der Waals surface area contributed by atoms with Crippen LogP contribution < -0.4 is 4.90 Å². The van der Waals surface area contributed by atoms with Gasteiger partial charge in [0.1, 0.15) is 5.82 Å². The van der Waals surface area contributed by atoms with E-state index in [9.17, 15) is 17.6 Å². The standard InChI is InChI=1S/C13H13FN2O3S2/c1-8(17)15-13-16(10-4-2-9(14)3-5-10)11-6-21(18,19)7-12(11)20-13/h2-5,11-12H,6-7H2,1H3/t11-,12-/m1/s1. The first-order valence-corrected chi connectivity index (χ1v) is 9.07. The summed E-state index contributed by atoms with van der Waals surface area (Å²) in [4.78, 5) is 17.0. The summed E-state index contributed by atoms with van der Waals surface area (Å²) >= 11 is 1.30. The summed E-state index contributed by atoms with van der Waals surface area (Å²) < 4.78 is 36.7. The van der Waals surface area contributed by atoms with Crippen LogP contribution in [0.3, 0.4) is 0 Å². The largest absolute Gasteiger partial charge is 0.316 e. The predicted molar refractivity (Wildman–Crippen MR) is 80.8 cm³/mol. The fourth-order valence-corrected chi connectivity index (χ4v) is 6.56. The Hall–Kier alpha value is -1.41. The van der Waals surface area contributed by atoms with E-state index in [4.69, 9.17) is 0 Å². The number of carbonyl (C=O) groups is 1. The van der Waals surface area contributed by atoms with Gasteiger partial charge < -0.3 is 4.90 Å². The quantitative estimate of drug-likeness (QED) is 0.780. The number of fused-ring (bicyclic) bond motifs is 1. The zero-order valence-electron chi connectivity index (χ0n) is 11.2. The Morgan fingerprint density at radius 2 is 2.00 bits per heavy atom. The van der Waals surface area contributed by atoms with Crippen molar-refractivity contribution in [1.82, 2.24) is 0 Å². The number of halogens is 1. The SMILES string of the molecule is CC(=O)N=C1S[C@@H]2CS(=O)(=O)C[C@H]2N1c1ccc(F)cc1. The van der Waals surface area contributed by atoms with Gasteiger partial charge in [-0.3, -0.25) is 4.79 Å². The lowest BCUT2D eigenvalue weighted by Gasteiger charge is -2.24. The number of amides is 1. The Morgan fingerprint density at radius 1 is 1.33 bits per heavy atom. The number of aliphatic imine (C=N–C) groups is 1. The molecule has 2 aliphatic heterocycles. The number of amidine groups is 1. The molecule has 3 rings (SSSR count). The molecule has 0 aliphatic carbocycles. The van der Waals surface area contributed by atoms with Gasteiger partial charge in [0, 0.05) is 17.9 Å². The molecule has 0 aromatic heterocycles. The number of benzene rings is 1. The number of thioether (sulfide) groups is 1. The molecule has 1 aromatic carbocycles. The van der Waals surface area contributed by atoms with Gasteiger partial charge in [0.15, 0.2) is 15.0 Å². The first-order valence-electron chi connectivity index (χ1n) is 6.37. The van der Waals surface area contributed by atoms with Crippen LogP contribution in [-0.2, 0) is 14.6 Å². The summed E-state index contributed by atoms with van der Waals surface area (Å²) in [6, 6.07) is 5.49. The molecular weight excluding hydrogens is 315 g/mol. The van der Waals surface area contributed by atoms with E-state index in [2.05, 4.69) is 4.99 Å². The smallest absolute Gasteiger partial charge is 0.244 e. The van der Waals surface area contributed by atoms with Crippen molar-refractivity contribution in [3.8, 4) is 0 Å². The van der Waals surface area contributed by atoms with E-state index in [0.717, 1.165) is 0 Å². The molecule has 2 heterocycles. The van der Waals surface area contributed by atoms with Gasteiger partial charge in [0.05, 0.1) is 17.5 Å². The summed E-state index contributed by atoms with van der Waals surface area (Å²) in [6.07, 6.45) is 0. The zero-order valence-corrected chi connectivity index (χ0v) is 12.8. The Morgan fingerprint density at radius 3 is 2.62 bits per heavy atom. The zero-order chi connectivity index (χ0) is 15.2. The minimum absolute atomic E-state index is 0.0268. The number of sulfone groups is 1. The highest BCUT2D eigenvalue weighted by atomic mass is 32.2. The van der Waals surface area contributed by atoms with Crippen LogP contribution in [0.4, 0.5) is 10.1 Å². The van der Waals surface area contributed by atoms with Gasteiger partial charge in [-0.15, -0.1) is 0 Å². The second-order valence-corrected chi connectivity index (χ2v) is 8.42. The van der Waals surface area contributed by atoms with Crippen molar-refractivity contribution in [3.63, 3.8) is 0 Å². The first-order chi connectivity index (χ1) is 9.85. The van der Waals surface area contributed by atoms with Crippen molar-refractivity contribution in [2.75, 3.05) is 16.4 Å². The molecule has 0 bridgehead atoms. The fourth-order valence-electron chi connectivity index (χ4n) is 2.60. The lowest BCUT2D eigenvalue weighted by atomic mass is 10.2. The van der Waals surface area contributed by atoms with Crippen LogP contribution in [0.15, 0.2) is 29.3 Å². The molecule has 21 heavy (non-hydrogen) atoms. The molecule has 2 saturated heterocycles. The highest BCUT2D eigenvalue weighted by Gasteiger charge is 2.49. The van der Waals surface area contributed by atoms with E-state index >= 15 is 0 Å². The van der Waals surface area contributed by atoms with E-state index < -0.39 is 9.84 Å². The van der Waals surface area contributed by atoms with Gasteiger partial charge in [0.2, 0.25) is 5.91 Å². The molecule has 0 unspecified atom stereocenters. The molecule has 1 aromatic rings. The maximum atomic E-state index is 13.1. The maximum absolute atomic E-state index is 13.1. The van der Waals surface area contributed by atoms with Crippen LogP contribution in [0.5, 0.6) is 0 Å². The van der Waals surface area contributed by atoms with Gasteiger partial charge in [-0.2, -0.15) is 4.99 Å². The number of hydrogen-bond donors (Lipinski definition) is 0. The van der Waals surface area contributed by atoms with Gasteiger partial charge in [-0.05, 0) is 24.3 Å². The molecule has 0 N–H and O–H groups in total. The summed E-state index contributed by atoms with van der Waals surface area (Å²) in [5, 5.41) is 0.345. The minimum Gasteiger partial charge on any atom is -0.316 e. The van der Waals surface area contributed by atoms with Crippen LogP contribution in [0.1, 0.15) is 6.92 Å². The maximum Gasteiger partial charge on any atom is 0.244 e. The van der Waals surface area contributed by atoms with E-state index in [1.807, 2.05) is 0 Å². The van der Waals surface area contributed by atoms with Gasteiger partial charge in [0.25, 0.3) is 0 Å². The number of carbonyl (C=O) groups excluding carboxylic acids is 1. The first kappa shape index (κ1) is 14.5. The van der Waals surface area contributed by atoms with E-state index in [-0.39, 0.29) is 34.5 Å². The molecule has 2 fully saturated rings. The Bertz CT molecular complexity index is 715. The lowest BCUT2D eigenvalue weighted by molar-refractivity contribution is -0.115. The highest BCUT2D eigenvalue weighted by Crippen LogP contribution is 2.40. The Labute approximate surface area is 126 Å². The minimum atomic E-state index is -3.08. The van der Waals surface area contributed by atoms with Crippen molar-refractivity contribution >= 4 is 38.4 Å². The van der Waals surface area contributed by atoms with E-state index in [1.54, 1.807) is 17.0 Å². The molecule has 8 heteroatoms. The molecule has 5 nitrogen and oxygen atoms in total. The van der Waals surface area contributed by atoms with Crippen molar-refractivity contribution in [2.45, 2.75) is 18.2 Å². The summed E-state index contributed by atoms with van der Waals surface area (Å²) in [5.41, 5.74) is 0.647. The third-order valence-electron chi connectivity index (χ3n) is 3.42. The van der Waals surface area contributed by atoms with Crippen molar-refractivity contribution in [2.24, 2.45) is 4.99 Å². The summed E-state index contributed by atoms with van der Waals surface area (Å²) in [5.74, 6) is -0.602. The van der Waals surface area contributed by atoms with Crippen molar-refractivity contribution in [1.29, 1.82) is 0 Å². The van der Waals surface area contributed by atoms with Crippen molar-refractivity contribution in [3.05, 3.63) is 30.1 Å². The molecule has 112 valence electrons. The Kier molecular flexibility index (Phi) is 3.53. The lowest BCUT2D eigenvalue weighted by Crippen LogP contribution is -2.37. The molecule has 1 amide bonds. The number of rotatable bonds is 1. The third-order valence-corrected chi connectivity index (χ3v) is 6.63. The molecule has 2 aliphatic rings. The van der Waals surface area contributed by atoms with E-state index in [0.29, 0.717) is 10.9 Å². The van der Waals surface area contributed by atoms with Crippen molar-refractivity contribution < 1.29 is 17.6 Å².